The fourth-order valence-electron chi connectivity index (χ4n) is 2.78. The van der Waals surface area contributed by atoms with Gasteiger partial charge in [0.1, 0.15) is 0 Å². The molecule has 1 unspecified atom stereocenters. The van der Waals surface area contributed by atoms with Gasteiger partial charge in [-0.25, -0.2) is 0 Å². The largest absolute Gasteiger partial charge is 0.374 e. The number of anilines is 1. The fourth-order valence-corrected chi connectivity index (χ4v) is 2.78. The van der Waals surface area contributed by atoms with E-state index in [4.69, 9.17) is 4.74 Å². The number of rotatable bonds is 5. The maximum Gasteiger partial charge on any atom is 0.0648 e. The topological polar surface area (TPSA) is 24.5 Å². The van der Waals surface area contributed by atoms with Gasteiger partial charge in [-0.15, -0.1) is 0 Å². The van der Waals surface area contributed by atoms with Gasteiger partial charge < -0.3 is 15.0 Å². The number of ether oxygens (including phenoxy) is 1. The number of hydrogen-bond acceptors (Lipinski definition) is 3. The normalized spacial score (nSPS) is 19.0. The molecule has 0 amide bonds. The van der Waals surface area contributed by atoms with Gasteiger partial charge in [0.25, 0.3) is 0 Å². The van der Waals surface area contributed by atoms with E-state index in [1.807, 2.05) is 0 Å². The van der Waals surface area contributed by atoms with E-state index in [2.05, 4.69) is 62.2 Å². The van der Waals surface area contributed by atoms with Crippen molar-refractivity contribution in [1.82, 2.24) is 5.32 Å². The average molecular weight is 276 g/mol. The Balaban J connectivity index is 2.03. The molecule has 1 N–H and O–H groups in total. The second-order valence-corrected chi connectivity index (χ2v) is 6.41. The van der Waals surface area contributed by atoms with Gasteiger partial charge in [-0.1, -0.05) is 25.1 Å². The molecule has 1 atom stereocenters. The minimum absolute atomic E-state index is 0.0540. The van der Waals surface area contributed by atoms with Crippen molar-refractivity contribution in [3.63, 3.8) is 0 Å². The standard InChI is InChI=1S/C17H28N2O/c1-5-18-15-10-11-19(12-13-20-17(2,3)4)16-9-7-6-8-14(15)16/h6-9,15,18H,5,10-13H2,1-4H3. The van der Waals surface area contributed by atoms with Crippen LogP contribution < -0.4 is 10.2 Å². The molecule has 0 spiro atoms. The van der Waals surface area contributed by atoms with Crippen molar-refractivity contribution in [2.24, 2.45) is 0 Å². The zero-order valence-corrected chi connectivity index (χ0v) is 13.3. The highest BCUT2D eigenvalue weighted by molar-refractivity contribution is 5.57. The molecule has 0 radical (unpaired) electrons. The molecule has 0 bridgehead atoms. The van der Waals surface area contributed by atoms with Crippen molar-refractivity contribution < 1.29 is 4.74 Å². The predicted octanol–water partition coefficient (Wildman–Crippen LogP) is 3.36. The van der Waals surface area contributed by atoms with Gasteiger partial charge in [0.05, 0.1) is 12.2 Å². The quantitative estimate of drug-likeness (QED) is 0.892. The molecular formula is C17H28N2O. The molecule has 1 aromatic carbocycles. The molecule has 1 aliphatic heterocycles. The summed E-state index contributed by atoms with van der Waals surface area (Å²) in [6, 6.07) is 9.24. The van der Waals surface area contributed by atoms with Crippen LogP contribution in [0, 0.1) is 0 Å². The zero-order valence-electron chi connectivity index (χ0n) is 13.3. The van der Waals surface area contributed by atoms with Crippen LogP contribution in [0.2, 0.25) is 0 Å². The summed E-state index contributed by atoms with van der Waals surface area (Å²) in [6.45, 7) is 12.4. The minimum Gasteiger partial charge on any atom is -0.374 e. The molecule has 3 heteroatoms. The maximum atomic E-state index is 5.86. The lowest BCUT2D eigenvalue weighted by atomic mass is 9.96. The van der Waals surface area contributed by atoms with Crippen molar-refractivity contribution in [2.75, 3.05) is 31.1 Å². The summed E-state index contributed by atoms with van der Waals surface area (Å²) in [5.74, 6) is 0. The van der Waals surface area contributed by atoms with Crippen LogP contribution in [0.1, 0.15) is 45.7 Å². The smallest absolute Gasteiger partial charge is 0.0648 e. The van der Waals surface area contributed by atoms with E-state index in [-0.39, 0.29) is 5.60 Å². The van der Waals surface area contributed by atoms with E-state index in [0.717, 1.165) is 26.2 Å². The summed E-state index contributed by atoms with van der Waals surface area (Å²) >= 11 is 0. The van der Waals surface area contributed by atoms with Crippen molar-refractivity contribution in [2.45, 2.75) is 45.8 Å². The lowest BCUT2D eigenvalue weighted by molar-refractivity contribution is 0.00122. The summed E-state index contributed by atoms with van der Waals surface area (Å²) in [4.78, 5) is 2.45. The van der Waals surface area contributed by atoms with Gasteiger partial charge in [-0.2, -0.15) is 0 Å². The van der Waals surface area contributed by atoms with Gasteiger partial charge in [-0.3, -0.25) is 0 Å². The van der Waals surface area contributed by atoms with Crippen LogP contribution in [0.15, 0.2) is 24.3 Å². The van der Waals surface area contributed by atoms with Crippen molar-refractivity contribution in [3.8, 4) is 0 Å². The lowest BCUT2D eigenvalue weighted by Gasteiger charge is -2.36. The van der Waals surface area contributed by atoms with Crippen LogP contribution in [0.3, 0.4) is 0 Å². The number of benzene rings is 1. The van der Waals surface area contributed by atoms with Crippen LogP contribution in [-0.4, -0.2) is 31.8 Å². The molecule has 2 rings (SSSR count). The first-order valence-electron chi connectivity index (χ1n) is 7.72. The summed E-state index contributed by atoms with van der Waals surface area (Å²) in [6.07, 6.45) is 1.17. The number of fused-ring (bicyclic) bond motifs is 1. The Hall–Kier alpha value is -1.06. The second-order valence-electron chi connectivity index (χ2n) is 6.41. The van der Waals surface area contributed by atoms with Crippen LogP contribution in [-0.2, 0) is 4.74 Å². The lowest BCUT2D eigenvalue weighted by Crippen LogP contribution is -2.38. The first kappa shape index (κ1) is 15.3. The van der Waals surface area contributed by atoms with Gasteiger partial charge in [0, 0.05) is 24.8 Å². The molecule has 0 aliphatic carbocycles. The fraction of sp³-hybridized carbons (Fsp3) is 0.647. The van der Waals surface area contributed by atoms with E-state index >= 15 is 0 Å². The third kappa shape index (κ3) is 3.97. The van der Waals surface area contributed by atoms with E-state index in [0.29, 0.717) is 6.04 Å². The highest BCUT2D eigenvalue weighted by Gasteiger charge is 2.24. The molecule has 1 aromatic rings. The minimum atomic E-state index is -0.0540. The Morgan fingerprint density at radius 1 is 1.30 bits per heavy atom. The van der Waals surface area contributed by atoms with Gasteiger partial charge in [0.2, 0.25) is 0 Å². The Labute approximate surface area is 123 Å². The zero-order chi connectivity index (χ0) is 14.6. The molecule has 20 heavy (non-hydrogen) atoms. The van der Waals surface area contributed by atoms with Crippen molar-refractivity contribution in [3.05, 3.63) is 29.8 Å². The van der Waals surface area contributed by atoms with E-state index in [9.17, 15) is 0 Å². The van der Waals surface area contributed by atoms with E-state index < -0.39 is 0 Å². The molecule has 112 valence electrons. The molecule has 0 fully saturated rings. The average Bonchev–Trinajstić information content (AvgIpc) is 2.40. The Morgan fingerprint density at radius 3 is 2.75 bits per heavy atom. The first-order valence-corrected chi connectivity index (χ1v) is 7.72. The van der Waals surface area contributed by atoms with E-state index in [1.54, 1.807) is 0 Å². The molecule has 1 heterocycles. The van der Waals surface area contributed by atoms with E-state index in [1.165, 1.54) is 17.7 Å². The monoisotopic (exact) mass is 276 g/mol. The highest BCUT2D eigenvalue weighted by Crippen LogP contribution is 2.33. The Kier molecular flexibility index (Phi) is 5.06. The van der Waals surface area contributed by atoms with Crippen LogP contribution in [0.4, 0.5) is 5.69 Å². The number of hydrogen-bond donors (Lipinski definition) is 1. The summed E-state index contributed by atoms with van der Waals surface area (Å²) < 4.78 is 5.86. The molecular weight excluding hydrogens is 248 g/mol. The summed E-state index contributed by atoms with van der Waals surface area (Å²) in [5.41, 5.74) is 2.74. The van der Waals surface area contributed by atoms with Gasteiger partial charge in [0.15, 0.2) is 0 Å². The predicted molar refractivity (Wildman–Crippen MR) is 85.4 cm³/mol. The van der Waals surface area contributed by atoms with Crippen LogP contribution in [0.5, 0.6) is 0 Å². The molecule has 0 saturated heterocycles. The van der Waals surface area contributed by atoms with Crippen molar-refractivity contribution >= 4 is 5.69 Å². The number of para-hydroxylation sites is 1. The maximum absolute atomic E-state index is 5.86. The number of nitrogens with zero attached hydrogens (tertiary/aromatic N) is 1. The Morgan fingerprint density at radius 2 is 2.05 bits per heavy atom. The third-order valence-electron chi connectivity index (χ3n) is 3.69. The molecule has 0 saturated carbocycles. The summed E-state index contributed by atoms with van der Waals surface area (Å²) in [5, 5.41) is 3.58. The molecule has 0 aromatic heterocycles. The van der Waals surface area contributed by atoms with Crippen LogP contribution >= 0.6 is 0 Å². The molecule has 1 aliphatic rings. The van der Waals surface area contributed by atoms with Crippen LogP contribution in [0.25, 0.3) is 0 Å². The second kappa shape index (κ2) is 6.59. The SMILES string of the molecule is CCNC1CCN(CCOC(C)(C)C)c2ccccc21. The van der Waals surface area contributed by atoms with Gasteiger partial charge >= 0.3 is 0 Å². The number of nitrogens with one attached hydrogen (secondary N) is 1. The molecule has 3 nitrogen and oxygen atoms in total. The summed E-state index contributed by atoms with van der Waals surface area (Å²) in [7, 11) is 0. The van der Waals surface area contributed by atoms with Crippen molar-refractivity contribution in [1.29, 1.82) is 0 Å². The highest BCUT2D eigenvalue weighted by atomic mass is 16.5. The first-order chi connectivity index (χ1) is 9.51. The van der Waals surface area contributed by atoms with Gasteiger partial charge in [-0.05, 0) is 45.4 Å². The third-order valence-corrected chi connectivity index (χ3v) is 3.69. The Bertz CT molecular complexity index is 425.